The molecule has 0 aromatic heterocycles. The summed E-state index contributed by atoms with van der Waals surface area (Å²) in [6.07, 6.45) is 1.44. The number of amides is 1. The van der Waals surface area contributed by atoms with Crippen LogP contribution in [0.25, 0.3) is 0 Å². The van der Waals surface area contributed by atoms with Gasteiger partial charge in [-0.05, 0) is 63.3 Å². The highest BCUT2D eigenvalue weighted by Crippen LogP contribution is 2.22. The van der Waals surface area contributed by atoms with Gasteiger partial charge in [0.05, 0.1) is 12.5 Å². The lowest BCUT2D eigenvalue weighted by molar-refractivity contribution is -0.152. The molecule has 0 N–H and O–H groups in total. The van der Waals surface area contributed by atoms with E-state index >= 15 is 0 Å². The fourth-order valence-electron chi connectivity index (χ4n) is 3.27. The zero-order chi connectivity index (χ0) is 18.4. The largest absolute Gasteiger partial charge is 0.481 e. The van der Waals surface area contributed by atoms with Gasteiger partial charge in [-0.25, -0.2) is 0 Å². The number of aryl methyl sites for hydroxylation is 2. The number of esters is 1. The first-order valence-corrected chi connectivity index (χ1v) is 9.15. The molecule has 2 rings (SSSR count). The van der Waals surface area contributed by atoms with E-state index in [1.165, 1.54) is 0 Å². The van der Waals surface area contributed by atoms with E-state index in [9.17, 15) is 9.59 Å². The van der Waals surface area contributed by atoms with Crippen molar-refractivity contribution in [3.8, 4) is 5.75 Å². The van der Waals surface area contributed by atoms with Crippen LogP contribution in [0.2, 0.25) is 0 Å². The molecule has 1 fully saturated rings. The first-order chi connectivity index (χ1) is 11.9. The summed E-state index contributed by atoms with van der Waals surface area (Å²) < 4.78 is 11.1. The summed E-state index contributed by atoms with van der Waals surface area (Å²) >= 11 is 0. The number of hydrogen-bond donors (Lipinski definition) is 0. The van der Waals surface area contributed by atoms with Crippen molar-refractivity contribution in [1.29, 1.82) is 0 Å². The van der Waals surface area contributed by atoms with Gasteiger partial charge in [0.25, 0.3) is 5.91 Å². The second-order valence-electron chi connectivity index (χ2n) is 6.69. The van der Waals surface area contributed by atoms with Crippen LogP contribution < -0.4 is 4.74 Å². The van der Waals surface area contributed by atoms with Gasteiger partial charge in [-0.15, -0.1) is 0 Å². The first-order valence-electron chi connectivity index (χ1n) is 9.15. The number of likely N-dealkylation sites (tertiary alicyclic amines) is 1. The molecule has 5 nitrogen and oxygen atoms in total. The summed E-state index contributed by atoms with van der Waals surface area (Å²) in [6.45, 7) is 9.36. The molecular formula is C20H29NO4. The molecule has 0 aliphatic carbocycles. The smallest absolute Gasteiger partial charge is 0.309 e. The SMILES string of the molecule is CCOC(=O)C1CCN(C(=O)[C@H](CC)Oc2cc(C)cc(C)c2)CC1. The normalized spacial score (nSPS) is 16.4. The minimum Gasteiger partial charge on any atom is -0.481 e. The van der Waals surface area contributed by atoms with Gasteiger partial charge >= 0.3 is 5.97 Å². The van der Waals surface area contributed by atoms with E-state index in [1.54, 1.807) is 0 Å². The number of benzene rings is 1. The van der Waals surface area contributed by atoms with Gasteiger partial charge in [0.1, 0.15) is 5.75 Å². The van der Waals surface area contributed by atoms with Crippen LogP contribution in [0.1, 0.15) is 44.2 Å². The van der Waals surface area contributed by atoms with E-state index in [-0.39, 0.29) is 17.8 Å². The Morgan fingerprint density at radius 1 is 1.12 bits per heavy atom. The quantitative estimate of drug-likeness (QED) is 0.741. The maximum atomic E-state index is 12.8. The third-order valence-corrected chi connectivity index (χ3v) is 4.55. The van der Waals surface area contributed by atoms with Gasteiger partial charge in [0.15, 0.2) is 6.10 Å². The van der Waals surface area contributed by atoms with Crippen molar-refractivity contribution in [1.82, 2.24) is 4.90 Å². The Kier molecular flexibility index (Phi) is 6.85. The van der Waals surface area contributed by atoms with E-state index in [1.807, 2.05) is 44.7 Å². The Hall–Kier alpha value is -2.04. The van der Waals surface area contributed by atoms with Crippen LogP contribution in [0, 0.1) is 19.8 Å². The Labute approximate surface area is 150 Å². The molecule has 1 aliphatic rings. The molecule has 1 heterocycles. The summed E-state index contributed by atoms with van der Waals surface area (Å²) in [7, 11) is 0. The lowest BCUT2D eigenvalue weighted by Crippen LogP contribution is -2.46. The number of rotatable bonds is 6. The molecule has 1 atom stereocenters. The summed E-state index contributed by atoms with van der Waals surface area (Å²) in [4.78, 5) is 26.4. The molecular weight excluding hydrogens is 318 g/mol. The van der Waals surface area contributed by atoms with Crippen molar-refractivity contribution < 1.29 is 19.1 Å². The van der Waals surface area contributed by atoms with Gasteiger partial charge < -0.3 is 14.4 Å². The number of hydrogen-bond acceptors (Lipinski definition) is 4. The van der Waals surface area contributed by atoms with Crippen molar-refractivity contribution >= 4 is 11.9 Å². The molecule has 1 saturated heterocycles. The molecule has 0 unspecified atom stereocenters. The number of piperidine rings is 1. The maximum Gasteiger partial charge on any atom is 0.309 e. The minimum absolute atomic E-state index is 0.00367. The fraction of sp³-hybridized carbons (Fsp3) is 0.600. The van der Waals surface area contributed by atoms with Gasteiger partial charge in [-0.2, -0.15) is 0 Å². The molecule has 138 valence electrons. The Balaban J connectivity index is 1.95. The molecule has 0 spiro atoms. The molecule has 1 aromatic carbocycles. The van der Waals surface area contributed by atoms with Crippen LogP contribution in [-0.2, 0) is 14.3 Å². The Morgan fingerprint density at radius 3 is 2.24 bits per heavy atom. The third kappa shape index (κ3) is 5.21. The average Bonchev–Trinajstić information content (AvgIpc) is 2.58. The highest BCUT2D eigenvalue weighted by molar-refractivity contribution is 5.81. The molecule has 0 saturated carbocycles. The summed E-state index contributed by atoms with van der Waals surface area (Å²) in [6, 6.07) is 5.99. The summed E-state index contributed by atoms with van der Waals surface area (Å²) in [5, 5.41) is 0. The zero-order valence-electron chi connectivity index (χ0n) is 15.7. The summed E-state index contributed by atoms with van der Waals surface area (Å²) in [5.74, 6) is 0.501. The maximum absolute atomic E-state index is 12.8. The fourth-order valence-corrected chi connectivity index (χ4v) is 3.27. The third-order valence-electron chi connectivity index (χ3n) is 4.55. The molecule has 0 bridgehead atoms. The highest BCUT2D eigenvalue weighted by Gasteiger charge is 2.31. The Bertz CT molecular complexity index is 585. The van der Waals surface area contributed by atoms with Crippen LogP contribution in [0.5, 0.6) is 5.75 Å². The second-order valence-corrected chi connectivity index (χ2v) is 6.69. The van der Waals surface area contributed by atoms with Crippen LogP contribution in [0.4, 0.5) is 0 Å². The van der Waals surface area contributed by atoms with Crippen LogP contribution in [0.3, 0.4) is 0 Å². The van der Waals surface area contributed by atoms with E-state index in [2.05, 4.69) is 6.07 Å². The van der Waals surface area contributed by atoms with Gasteiger partial charge in [0.2, 0.25) is 0 Å². The van der Waals surface area contributed by atoms with E-state index < -0.39 is 6.10 Å². The molecule has 5 heteroatoms. The topological polar surface area (TPSA) is 55.8 Å². The molecule has 1 aliphatic heterocycles. The number of carbonyl (C=O) groups excluding carboxylic acids is 2. The number of ether oxygens (including phenoxy) is 2. The van der Waals surface area contributed by atoms with Crippen molar-refractivity contribution in [3.63, 3.8) is 0 Å². The Morgan fingerprint density at radius 2 is 1.72 bits per heavy atom. The second kappa shape index (κ2) is 8.88. The van der Waals surface area contributed by atoms with Crippen molar-refractivity contribution in [2.45, 2.75) is 53.1 Å². The molecule has 1 amide bonds. The molecule has 1 aromatic rings. The first kappa shape index (κ1) is 19.3. The van der Waals surface area contributed by atoms with Crippen LogP contribution in [-0.4, -0.2) is 42.6 Å². The van der Waals surface area contributed by atoms with Crippen molar-refractivity contribution in [2.75, 3.05) is 19.7 Å². The lowest BCUT2D eigenvalue weighted by atomic mass is 9.96. The standard InChI is InChI=1S/C20H29NO4/c1-5-18(25-17-12-14(3)11-15(4)13-17)19(22)21-9-7-16(8-10-21)20(23)24-6-2/h11-13,16,18H,5-10H2,1-4H3/t18-/m0/s1. The number of nitrogens with zero attached hydrogens (tertiary/aromatic N) is 1. The lowest BCUT2D eigenvalue weighted by Gasteiger charge is -2.33. The highest BCUT2D eigenvalue weighted by atomic mass is 16.5. The van der Waals surface area contributed by atoms with Gasteiger partial charge in [-0.3, -0.25) is 9.59 Å². The predicted octanol–water partition coefficient (Wildman–Crippen LogP) is 3.26. The number of carbonyl (C=O) groups is 2. The van der Waals surface area contributed by atoms with E-state index in [0.29, 0.717) is 39.0 Å². The predicted molar refractivity (Wildman–Crippen MR) is 96.6 cm³/mol. The van der Waals surface area contributed by atoms with Crippen LogP contribution >= 0.6 is 0 Å². The summed E-state index contributed by atoms with van der Waals surface area (Å²) in [5.41, 5.74) is 2.24. The molecule has 0 radical (unpaired) electrons. The monoisotopic (exact) mass is 347 g/mol. The zero-order valence-corrected chi connectivity index (χ0v) is 15.7. The van der Waals surface area contributed by atoms with Gasteiger partial charge in [0, 0.05) is 13.1 Å². The average molecular weight is 347 g/mol. The molecule has 25 heavy (non-hydrogen) atoms. The minimum atomic E-state index is -0.486. The van der Waals surface area contributed by atoms with Crippen LogP contribution in [0.15, 0.2) is 18.2 Å². The van der Waals surface area contributed by atoms with Crippen molar-refractivity contribution in [2.24, 2.45) is 5.92 Å². The van der Waals surface area contributed by atoms with Crippen molar-refractivity contribution in [3.05, 3.63) is 29.3 Å². The van der Waals surface area contributed by atoms with E-state index in [4.69, 9.17) is 9.47 Å². The van der Waals surface area contributed by atoms with E-state index in [0.717, 1.165) is 16.9 Å². The van der Waals surface area contributed by atoms with Gasteiger partial charge in [-0.1, -0.05) is 13.0 Å².